The molecule has 0 aromatic carbocycles. The lowest BCUT2D eigenvalue weighted by molar-refractivity contribution is -0.0148. The zero-order chi connectivity index (χ0) is 13.2. The predicted octanol–water partition coefficient (Wildman–Crippen LogP) is 2.99. The molecule has 0 amide bonds. The van der Waals surface area contributed by atoms with Crippen LogP contribution < -0.4 is 5.32 Å². The maximum Gasteiger partial charge on any atom is 0.0704 e. The van der Waals surface area contributed by atoms with E-state index in [9.17, 15) is 0 Å². The monoisotopic (exact) mass is 257 g/mol. The summed E-state index contributed by atoms with van der Waals surface area (Å²) in [4.78, 5) is 0. The van der Waals surface area contributed by atoms with E-state index in [0.717, 1.165) is 44.7 Å². The van der Waals surface area contributed by atoms with Crippen LogP contribution in [-0.2, 0) is 9.47 Å². The molecule has 3 heteroatoms. The fourth-order valence-corrected chi connectivity index (χ4v) is 2.42. The van der Waals surface area contributed by atoms with Crippen molar-refractivity contribution in [2.75, 3.05) is 26.4 Å². The van der Waals surface area contributed by atoms with Crippen molar-refractivity contribution in [3.63, 3.8) is 0 Å². The lowest BCUT2D eigenvalue weighted by Gasteiger charge is -2.28. The minimum Gasteiger partial charge on any atom is -0.379 e. The zero-order valence-corrected chi connectivity index (χ0v) is 12.4. The first-order valence-electron chi connectivity index (χ1n) is 7.65. The zero-order valence-electron chi connectivity index (χ0n) is 12.4. The molecule has 1 saturated carbocycles. The van der Waals surface area contributed by atoms with Gasteiger partial charge in [0.2, 0.25) is 0 Å². The fourth-order valence-electron chi connectivity index (χ4n) is 2.42. The van der Waals surface area contributed by atoms with E-state index in [1.807, 2.05) is 0 Å². The van der Waals surface area contributed by atoms with Gasteiger partial charge in [-0.05, 0) is 44.6 Å². The predicted molar refractivity (Wildman–Crippen MR) is 75.9 cm³/mol. The van der Waals surface area contributed by atoms with Gasteiger partial charge in [-0.15, -0.1) is 0 Å². The average Bonchev–Trinajstić information content (AvgIpc) is 2.35. The molecule has 108 valence electrons. The maximum absolute atomic E-state index is 5.86. The molecule has 1 fully saturated rings. The van der Waals surface area contributed by atoms with Gasteiger partial charge in [-0.3, -0.25) is 0 Å². The summed E-state index contributed by atoms with van der Waals surface area (Å²) in [6, 6.07) is 0.720. The van der Waals surface area contributed by atoms with Gasteiger partial charge >= 0.3 is 0 Å². The van der Waals surface area contributed by atoms with Gasteiger partial charge in [-0.1, -0.05) is 20.8 Å². The molecule has 0 aliphatic heterocycles. The Morgan fingerprint density at radius 3 is 2.39 bits per heavy atom. The summed E-state index contributed by atoms with van der Waals surface area (Å²) >= 11 is 0. The molecule has 0 atom stereocenters. The van der Waals surface area contributed by atoms with E-state index in [-0.39, 0.29) is 0 Å². The maximum atomic E-state index is 5.86. The molecule has 0 unspecified atom stereocenters. The highest BCUT2D eigenvalue weighted by atomic mass is 16.5. The molecule has 1 aliphatic rings. The molecule has 0 saturated heterocycles. The van der Waals surface area contributed by atoms with Gasteiger partial charge in [0, 0.05) is 12.6 Å². The van der Waals surface area contributed by atoms with Crippen molar-refractivity contribution in [3.05, 3.63) is 0 Å². The molecule has 1 aliphatic carbocycles. The van der Waals surface area contributed by atoms with Gasteiger partial charge < -0.3 is 14.8 Å². The number of hydrogen-bond acceptors (Lipinski definition) is 3. The summed E-state index contributed by atoms with van der Waals surface area (Å²) in [5.74, 6) is 0.729. The normalized spacial score (nSPS) is 24.7. The largest absolute Gasteiger partial charge is 0.379 e. The third kappa shape index (κ3) is 7.34. The van der Waals surface area contributed by atoms with Crippen molar-refractivity contribution < 1.29 is 9.47 Å². The Labute approximate surface area is 113 Å². The molecular formula is C15H31NO2. The first-order valence-corrected chi connectivity index (χ1v) is 7.65. The summed E-state index contributed by atoms with van der Waals surface area (Å²) in [5.41, 5.74) is 0. The molecule has 0 aromatic rings. The third-order valence-corrected chi connectivity index (χ3v) is 3.59. The van der Waals surface area contributed by atoms with Gasteiger partial charge in [-0.2, -0.15) is 0 Å². The second kappa shape index (κ2) is 9.76. The first kappa shape index (κ1) is 15.9. The molecular weight excluding hydrogens is 226 g/mol. The molecule has 0 spiro atoms. The van der Waals surface area contributed by atoms with E-state index in [1.165, 1.54) is 25.7 Å². The van der Waals surface area contributed by atoms with Crippen molar-refractivity contribution in [2.45, 2.75) is 65.0 Å². The number of nitrogens with one attached hydrogen (secondary N) is 1. The van der Waals surface area contributed by atoms with Gasteiger partial charge in [0.25, 0.3) is 0 Å². The van der Waals surface area contributed by atoms with Crippen molar-refractivity contribution in [3.8, 4) is 0 Å². The van der Waals surface area contributed by atoms with E-state index in [1.54, 1.807) is 0 Å². The second-order valence-electron chi connectivity index (χ2n) is 5.70. The van der Waals surface area contributed by atoms with Gasteiger partial charge in [0.05, 0.1) is 19.3 Å². The highest BCUT2D eigenvalue weighted by Gasteiger charge is 2.20. The summed E-state index contributed by atoms with van der Waals surface area (Å²) in [7, 11) is 0. The van der Waals surface area contributed by atoms with Crippen LogP contribution in [0, 0.1) is 5.92 Å². The smallest absolute Gasteiger partial charge is 0.0704 e. The Morgan fingerprint density at radius 2 is 1.78 bits per heavy atom. The molecule has 0 heterocycles. The van der Waals surface area contributed by atoms with E-state index < -0.39 is 0 Å². The van der Waals surface area contributed by atoms with Crippen molar-refractivity contribution >= 4 is 0 Å². The molecule has 3 nitrogen and oxygen atoms in total. The molecule has 0 aromatic heterocycles. The lowest BCUT2D eigenvalue weighted by atomic mass is 9.93. The fraction of sp³-hybridized carbons (Fsp3) is 1.00. The van der Waals surface area contributed by atoms with Crippen LogP contribution in [0.4, 0.5) is 0 Å². The standard InChI is InChI=1S/C15H31NO2/c1-4-16-14-5-7-15(8-6-14)18-12-11-17-10-9-13(2)3/h13-16H,4-12H2,1-3H3. The Hall–Kier alpha value is -0.120. The van der Waals surface area contributed by atoms with Crippen LogP contribution in [0.5, 0.6) is 0 Å². The van der Waals surface area contributed by atoms with E-state index in [0.29, 0.717) is 6.10 Å². The van der Waals surface area contributed by atoms with E-state index >= 15 is 0 Å². The topological polar surface area (TPSA) is 30.5 Å². The average molecular weight is 257 g/mol. The molecule has 1 rings (SSSR count). The first-order chi connectivity index (χ1) is 8.72. The van der Waals surface area contributed by atoms with Crippen LogP contribution in [0.15, 0.2) is 0 Å². The van der Waals surface area contributed by atoms with Crippen LogP contribution >= 0.6 is 0 Å². The summed E-state index contributed by atoms with van der Waals surface area (Å²) in [6.07, 6.45) is 6.52. The molecule has 1 N–H and O–H groups in total. The Balaban J connectivity index is 1.91. The highest BCUT2D eigenvalue weighted by molar-refractivity contribution is 4.76. The van der Waals surface area contributed by atoms with Crippen molar-refractivity contribution in [1.29, 1.82) is 0 Å². The van der Waals surface area contributed by atoms with Crippen LogP contribution in [-0.4, -0.2) is 38.5 Å². The van der Waals surface area contributed by atoms with E-state index in [2.05, 4.69) is 26.1 Å². The number of rotatable bonds is 9. The Kier molecular flexibility index (Phi) is 8.64. The SMILES string of the molecule is CCNC1CCC(OCCOCCC(C)C)CC1. The Bertz CT molecular complexity index is 189. The van der Waals surface area contributed by atoms with Crippen LogP contribution in [0.25, 0.3) is 0 Å². The number of ether oxygens (including phenoxy) is 2. The number of hydrogen-bond donors (Lipinski definition) is 1. The summed E-state index contributed by atoms with van der Waals surface area (Å²) < 4.78 is 11.4. The van der Waals surface area contributed by atoms with Gasteiger partial charge in [0.15, 0.2) is 0 Å². The second-order valence-corrected chi connectivity index (χ2v) is 5.70. The summed E-state index contributed by atoms with van der Waals surface area (Å²) in [5, 5.41) is 3.52. The summed E-state index contributed by atoms with van der Waals surface area (Å²) in [6.45, 7) is 10.1. The Morgan fingerprint density at radius 1 is 1.06 bits per heavy atom. The quantitative estimate of drug-likeness (QED) is 0.644. The van der Waals surface area contributed by atoms with Crippen LogP contribution in [0.1, 0.15) is 52.9 Å². The van der Waals surface area contributed by atoms with Crippen molar-refractivity contribution in [1.82, 2.24) is 5.32 Å². The third-order valence-electron chi connectivity index (χ3n) is 3.59. The van der Waals surface area contributed by atoms with Gasteiger partial charge in [-0.25, -0.2) is 0 Å². The minimum absolute atomic E-state index is 0.466. The molecule has 0 bridgehead atoms. The van der Waals surface area contributed by atoms with Gasteiger partial charge in [0.1, 0.15) is 0 Å². The van der Waals surface area contributed by atoms with Crippen molar-refractivity contribution in [2.24, 2.45) is 5.92 Å². The molecule has 18 heavy (non-hydrogen) atoms. The minimum atomic E-state index is 0.466. The van der Waals surface area contributed by atoms with Crippen LogP contribution in [0.2, 0.25) is 0 Å². The molecule has 0 radical (unpaired) electrons. The highest BCUT2D eigenvalue weighted by Crippen LogP contribution is 2.20. The van der Waals surface area contributed by atoms with E-state index in [4.69, 9.17) is 9.47 Å². The van der Waals surface area contributed by atoms with Crippen LogP contribution in [0.3, 0.4) is 0 Å². The lowest BCUT2D eigenvalue weighted by Crippen LogP contribution is -2.35.